The topological polar surface area (TPSA) is 50.7 Å². The van der Waals surface area contributed by atoms with Gasteiger partial charge in [0.2, 0.25) is 0 Å². The zero-order valence-electron chi connectivity index (χ0n) is 23.4. The molecule has 1 aliphatic rings. The van der Waals surface area contributed by atoms with E-state index in [9.17, 15) is 4.79 Å². The lowest BCUT2D eigenvalue weighted by molar-refractivity contribution is 0.102. The first kappa shape index (κ1) is 30.9. The molecule has 0 radical (unpaired) electrons. The molecule has 0 unspecified atom stereocenters. The molecule has 0 aliphatic heterocycles. The Labute approximate surface area is 270 Å². The van der Waals surface area contributed by atoms with Crippen molar-refractivity contribution in [3.8, 4) is 5.75 Å². The molecule has 9 heteroatoms. The van der Waals surface area contributed by atoms with Crippen LogP contribution >= 0.6 is 57.7 Å². The smallest absolute Gasteiger partial charge is 0.259 e. The fourth-order valence-electron chi connectivity index (χ4n) is 5.03. The first-order chi connectivity index (χ1) is 20.0. The summed E-state index contributed by atoms with van der Waals surface area (Å²) in [6.07, 6.45) is 4.50. The number of anilines is 1. The Hall–Kier alpha value is -2.54. The quantitative estimate of drug-likeness (QED) is 0.201. The maximum atomic E-state index is 13.7. The normalized spacial score (nSPS) is 15.1. The molecule has 0 saturated carbocycles. The monoisotopic (exact) mass is 658 g/mol. The van der Waals surface area contributed by atoms with Gasteiger partial charge in [0.15, 0.2) is 0 Å². The minimum atomic E-state index is -0.182. The second-order valence-corrected chi connectivity index (χ2v) is 14.2. The van der Waals surface area contributed by atoms with Crippen LogP contribution in [-0.2, 0) is 19.4 Å². The molecular formula is C33H30Cl4N2O2S. The number of amides is 1. The van der Waals surface area contributed by atoms with E-state index in [1.165, 1.54) is 4.88 Å². The van der Waals surface area contributed by atoms with Gasteiger partial charge in [-0.25, -0.2) is 4.99 Å². The highest BCUT2D eigenvalue weighted by Crippen LogP contribution is 2.45. The van der Waals surface area contributed by atoms with Crippen LogP contribution in [0, 0.1) is 11.3 Å². The summed E-state index contributed by atoms with van der Waals surface area (Å²) in [6.45, 7) is 7.13. The Morgan fingerprint density at radius 1 is 1.00 bits per heavy atom. The molecule has 5 rings (SSSR count). The molecule has 1 heterocycles. The molecule has 1 amide bonds. The van der Waals surface area contributed by atoms with Crippen molar-refractivity contribution in [2.45, 2.75) is 46.6 Å². The molecule has 3 aromatic carbocycles. The number of halogens is 4. The van der Waals surface area contributed by atoms with Gasteiger partial charge in [-0.05, 0) is 96.3 Å². The van der Waals surface area contributed by atoms with Crippen molar-refractivity contribution in [1.29, 1.82) is 0 Å². The van der Waals surface area contributed by atoms with E-state index in [-0.39, 0.29) is 17.9 Å². The van der Waals surface area contributed by atoms with Gasteiger partial charge in [-0.1, -0.05) is 73.2 Å². The van der Waals surface area contributed by atoms with Crippen LogP contribution in [-0.4, -0.2) is 12.1 Å². The number of benzene rings is 3. The second kappa shape index (κ2) is 13.0. The Kier molecular flexibility index (Phi) is 9.56. The Morgan fingerprint density at radius 2 is 1.74 bits per heavy atom. The lowest BCUT2D eigenvalue weighted by Gasteiger charge is -2.33. The number of ether oxygens (including phenoxy) is 1. The summed E-state index contributed by atoms with van der Waals surface area (Å²) in [6, 6.07) is 17.9. The minimum absolute atomic E-state index is 0.179. The predicted octanol–water partition coefficient (Wildman–Crippen LogP) is 11.1. The van der Waals surface area contributed by atoms with E-state index in [0.29, 0.717) is 53.6 Å². The summed E-state index contributed by atoms with van der Waals surface area (Å²) < 4.78 is 6.12. The zero-order chi connectivity index (χ0) is 30.0. The van der Waals surface area contributed by atoms with Crippen molar-refractivity contribution in [1.82, 2.24) is 0 Å². The van der Waals surface area contributed by atoms with Crippen molar-refractivity contribution in [2.75, 3.05) is 5.32 Å². The van der Waals surface area contributed by atoms with Gasteiger partial charge in [0.05, 0.1) is 15.6 Å². The molecule has 0 fully saturated rings. The van der Waals surface area contributed by atoms with Gasteiger partial charge in [0.25, 0.3) is 5.91 Å². The van der Waals surface area contributed by atoms with Crippen molar-refractivity contribution < 1.29 is 9.53 Å². The molecule has 1 atom stereocenters. The van der Waals surface area contributed by atoms with E-state index >= 15 is 0 Å². The van der Waals surface area contributed by atoms with Crippen molar-refractivity contribution in [2.24, 2.45) is 16.3 Å². The van der Waals surface area contributed by atoms with E-state index in [1.54, 1.807) is 66.1 Å². The summed E-state index contributed by atoms with van der Waals surface area (Å²) in [7, 11) is 0. The summed E-state index contributed by atoms with van der Waals surface area (Å²) in [5.74, 6) is 0.954. The number of thiophene rings is 1. The van der Waals surface area contributed by atoms with Gasteiger partial charge in [-0.3, -0.25) is 4.79 Å². The van der Waals surface area contributed by atoms with Gasteiger partial charge in [0.1, 0.15) is 17.4 Å². The molecule has 1 aromatic heterocycles. The number of carbonyl (C=O) groups excluding carboxylic acids is 1. The van der Waals surface area contributed by atoms with Crippen LogP contribution in [0.25, 0.3) is 0 Å². The Balaban J connectivity index is 1.46. The molecule has 0 bridgehead atoms. The number of hydrogen-bond acceptors (Lipinski definition) is 4. The minimum Gasteiger partial charge on any atom is -0.488 e. The molecule has 4 aromatic rings. The molecule has 0 saturated heterocycles. The van der Waals surface area contributed by atoms with E-state index in [2.05, 4.69) is 26.1 Å². The molecular weight excluding hydrogens is 630 g/mol. The molecule has 1 N–H and O–H groups in total. The van der Waals surface area contributed by atoms with Crippen LogP contribution in [0.2, 0.25) is 20.1 Å². The highest BCUT2D eigenvalue weighted by atomic mass is 35.5. The summed E-state index contributed by atoms with van der Waals surface area (Å²) in [4.78, 5) is 19.8. The molecule has 0 spiro atoms. The zero-order valence-corrected chi connectivity index (χ0v) is 27.3. The first-order valence-corrected chi connectivity index (χ1v) is 15.9. The number of aliphatic imine (C=N–C) groups is 1. The van der Waals surface area contributed by atoms with Crippen molar-refractivity contribution in [3.63, 3.8) is 0 Å². The fourth-order valence-corrected chi connectivity index (χ4v) is 6.93. The van der Waals surface area contributed by atoms with Crippen LogP contribution in [0.5, 0.6) is 5.75 Å². The third-order valence-electron chi connectivity index (χ3n) is 7.47. The first-order valence-electron chi connectivity index (χ1n) is 13.6. The van der Waals surface area contributed by atoms with Gasteiger partial charge >= 0.3 is 0 Å². The number of nitrogens with one attached hydrogen (secondary N) is 1. The maximum Gasteiger partial charge on any atom is 0.259 e. The molecule has 4 nitrogen and oxygen atoms in total. The SMILES string of the molecule is CC(C)(C)[C@H]1CCc2c(sc(N=Cc3cc(Cl)ccc3OCc3ccc(Cl)c(Cl)c3)c2C(=O)Nc2ccc(Cl)cc2)C1. The highest BCUT2D eigenvalue weighted by molar-refractivity contribution is 7.16. The van der Waals surface area contributed by atoms with Crippen molar-refractivity contribution in [3.05, 3.63) is 108 Å². The summed E-state index contributed by atoms with van der Waals surface area (Å²) in [5.41, 5.74) is 4.14. The fraction of sp³-hybridized carbons (Fsp3) is 0.273. The third kappa shape index (κ3) is 7.32. The Bertz CT molecular complexity index is 1640. The maximum absolute atomic E-state index is 13.7. The average molecular weight is 660 g/mol. The third-order valence-corrected chi connectivity index (χ3v) is 9.86. The number of fused-ring (bicyclic) bond motifs is 1. The predicted molar refractivity (Wildman–Crippen MR) is 178 cm³/mol. The number of hydrogen-bond donors (Lipinski definition) is 1. The van der Waals surface area contributed by atoms with Crippen LogP contribution in [0.1, 0.15) is 59.1 Å². The van der Waals surface area contributed by atoms with Crippen LogP contribution in [0.4, 0.5) is 10.7 Å². The lowest BCUT2D eigenvalue weighted by Crippen LogP contribution is -2.27. The van der Waals surface area contributed by atoms with Crippen LogP contribution < -0.4 is 10.1 Å². The van der Waals surface area contributed by atoms with Gasteiger partial charge < -0.3 is 10.1 Å². The summed E-state index contributed by atoms with van der Waals surface area (Å²) >= 11 is 26.2. The van der Waals surface area contributed by atoms with E-state index in [4.69, 9.17) is 56.1 Å². The van der Waals surface area contributed by atoms with Gasteiger partial charge in [0, 0.05) is 32.4 Å². The van der Waals surface area contributed by atoms with Gasteiger partial charge in [-0.2, -0.15) is 0 Å². The largest absolute Gasteiger partial charge is 0.488 e. The van der Waals surface area contributed by atoms with Crippen molar-refractivity contribution >= 4 is 80.6 Å². The van der Waals surface area contributed by atoms with Crippen LogP contribution in [0.15, 0.2) is 65.7 Å². The number of nitrogens with zero attached hydrogens (tertiary/aromatic N) is 1. The van der Waals surface area contributed by atoms with E-state index in [0.717, 1.165) is 30.4 Å². The molecule has 1 aliphatic carbocycles. The number of rotatable bonds is 7. The molecule has 42 heavy (non-hydrogen) atoms. The standard InChI is InChI=1S/C33H30Cl4N2O2S/c1-33(2,3)21-5-11-25-29(16-21)42-32(30(25)31(40)39-24-9-6-22(34)7-10-24)38-17-20-15-23(35)8-13-28(20)41-18-19-4-12-26(36)27(37)14-19/h4,6-10,12-15,17,21H,5,11,16,18H2,1-3H3,(H,39,40)/t21-/m0/s1. The number of carbonyl (C=O) groups is 1. The summed E-state index contributed by atoms with van der Waals surface area (Å²) in [5, 5.41) is 5.82. The van der Waals surface area contributed by atoms with E-state index < -0.39 is 0 Å². The second-order valence-electron chi connectivity index (χ2n) is 11.4. The molecule has 218 valence electrons. The van der Waals surface area contributed by atoms with Gasteiger partial charge in [-0.15, -0.1) is 11.3 Å². The average Bonchev–Trinajstić information content (AvgIpc) is 3.32. The lowest BCUT2D eigenvalue weighted by atomic mass is 9.72. The Morgan fingerprint density at radius 3 is 2.45 bits per heavy atom. The van der Waals surface area contributed by atoms with Crippen LogP contribution in [0.3, 0.4) is 0 Å². The van der Waals surface area contributed by atoms with E-state index in [1.807, 2.05) is 12.1 Å². The highest BCUT2D eigenvalue weighted by Gasteiger charge is 2.33.